The zero-order valence-electron chi connectivity index (χ0n) is 5.64. The summed E-state index contributed by atoms with van der Waals surface area (Å²) in [6.07, 6.45) is 6.79. The van der Waals surface area contributed by atoms with E-state index < -0.39 is 0 Å². The van der Waals surface area contributed by atoms with Crippen LogP contribution in [0.2, 0.25) is 0 Å². The molecule has 0 aromatic rings. The highest BCUT2D eigenvalue weighted by molar-refractivity contribution is 4.97. The first-order valence-electron chi connectivity index (χ1n) is 3.52. The van der Waals surface area contributed by atoms with Gasteiger partial charge in [0.2, 0.25) is 0 Å². The minimum absolute atomic E-state index is 0.675. The second-order valence-electron chi connectivity index (χ2n) is 2.38. The van der Waals surface area contributed by atoms with Gasteiger partial charge in [0, 0.05) is 19.1 Å². The fourth-order valence-electron chi connectivity index (χ4n) is 1.07. The molecule has 0 radical (unpaired) electrons. The standard InChI is InChI=1S/C7H14N2/c8-5-6-9-7-3-1-2-4-7/h1-2,7,9H,3-6,8H2. The maximum Gasteiger partial charge on any atom is 0.0137 e. The van der Waals surface area contributed by atoms with E-state index in [-0.39, 0.29) is 0 Å². The average molecular weight is 126 g/mol. The average Bonchev–Trinajstić information content (AvgIpc) is 2.34. The smallest absolute Gasteiger partial charge is 0.0137 e. The van der Waals surface area contributed by atoms with E-state index in [1.165, 1.54) is 12.8 Å². The van der Waals surface area contributed by atoms with E-state index in [4.69, 9.17) is 5.73 Å². The summed E-state index contributed by atoms with van der Waals surface area (Å²) >= 11 is 0. The van der Waals surface area contributed by atoms with E-state index in [0.29, 0.717) is 6.04 Å². The Morgan fingerprint density at radius 1 is 1.44 bits per heavy atom. The maximum absolute atomic E-state index is 5.32. The molecule has 3 N–H and O–H groups in total. The molecule has 0 fully saturated rings. The van der Waals surface area contributed by atoms with Gasteiger partial charge < -0.3 is 11.1 Å². The van der Waals surface area contributed by atoms with Gasteiger partial charge in [-0.15, -0.1) is 0 Å². The Morgan fingerprint density at radius 2 is 2.11 bits per heavy atom. The van der Waals surface area contributed by atoms with Gasteiger partial charge in [0.05, 0.1) is 0 Å². The number of hydrogen-bond acceptors (Lipinski definition) is 2. The lowest BCUT2D eigenvalue weighted by molar-refractivity contribution is 0.546. The van der Waals surface area contributed by atoms with E-state index in [0.717, 1.165) is 13.1 Å². The Bertz CT molecular complexity index is 91.1. The summed E-state index contributed by atoms with van der Waals surface area (Å²) in [5, 5.41) is 3.34. The van der Waals surface area contributed by atoms with Crippen LogP contribution in [-0.2, 0) is 0 Å². The summed E-state index contributed by atoms with van der Waals surface area (Å²) in [6, 6.07) is 0.675. The molecule has 0 aromatic carbocycles. The monoisotopic (exact) mass is 126 g/mol. The Labute approximate surface area is 56.1 Å². The molecule has 2 nitrogen and oxygen atoms in total. The van der Waals surface area contributed by atoms with Crippen LogP contribution in [-0.4, -0.2) is 19.1 Å². The molecule has 0 atom stereocenters. The molecule has 0 saturated carbocycles. The first kappa shape index (κ1) is 6.78. The number of rotatable bonds is 3. The van der Waals surface area contributed by atoms with Crippen LogP contribution in [0.5, 0.6) is 0 Å². The van der Waals surface area contributed by atoms with Crippen molar-refractivity contribution in [2.45, 2.75) is 18.9 Å². The van der Waals surface area contributed by atoms with Gasteiger partial charge in [0.15, 0.2) is 0 Å². The zero-order chi connectivity index (χ0) is 6.53. The molecule has 0 amide bonds. The minimum Gasteiger partial charge on any atom is -0.329 e. The topological polar surface area (TPSA) is 38.0 Å². The van der Waals surface area contributed by atoms with Gasteiger partial charge in [-0.25, -0.2) is 0 Å². The summed E-state index contributed by atoms with van der Waals surface area (Å²) in [5.74, 6) is 0. The molecule has 1 rings (SSSR count). The molecular weight excluding hydrogens is 112 g/mol. The third-order valence-electron chi connectivity index (χ3n) is 1.59. The van der Waals surface area contributed by atoms with Crippen molar-refractivity contribution in [3.63, 3.8) is 0 Å². The van der Waals surface area contributed by atoms with Crippen molar-refractivity contribution in [1.29, 1.82) is 0 Å². The molecule has 0 aromatic heterocycles. The third-order valence-corrected chi connectivity index (χ3v) is 1.59. The van der Waals surface area contributed by atoms with Crippen molar-refractivity contribution >= 4 is 0 Å². The Morgan fingerprint density at radius 3 is 2.67 bits per heavy atom. The Balaban J connectivity index is 2.01. The van der Waals surface area contributed by atoms with E-state index in [2.05, 4.69) is 17.5 Å². The second-order valence-corrected chi connectivity index (χ2v) is 2.38. The molecule has 1 aliphatic carbocycles. The second kappa shape index (κ2) is 3.64. The Kier molecular flexibility index (Phi) is 2.74. The molecule has 0 unspecified atom stereocenters. The predicted octanol–water partition coefficient (Wildman–Crippen LogP) is 0.253. The fourth-order valence-corrected chi connectivity index (χ4v) is 1.07. The summed E-state index contributed by atoms with van der Waals surface area (Å²) in [6.45, 7) is 1.70. The van der Waals surface area contributed by atoms with Crippen molar-refractivity contribution in [3.8, 4) is 0 Å². The summed E-state index contributed by atoms with van der Waals surface area (Å²) < 4.78 is 0. The van der Waals surface area contributed by atoms with Crippen molar-refractivity contribution in [3.05, 3.63) is 12.2 Å². The van der Waals surface area contributed by atoms with Gasteiger partial charge in [0.1, 0.15) is 0 Å². The number of nitrogens with two attached hydrogens (primary N) is 1. The molecule has 0 spiro atoms. The molecule has 52 valence electrons. The molecule has 0 bridgehead atoms. The van der Waals surface area contributed by atoms with Gasteiger partial charge in [-0.2, -0.15) is 0 Å². The van der Waals surface area contributed by atoms with Crippen LogP contribution >= 0.6 is 0 Å². The largest absolute Gasteiger partial charge is 0.329 e. The summed E-state index contributed by atoms with van der Waals surface area (Å²) in [5.41, 5.74) is 5.32. The fraction of sp³-hybridized carbons (Fsp3) is 0.714. The SMILES string of the molecule is NCCNC1CC=CC1. The quantitative estimate of drug-likeness (QED) is 0.532. The van der Waals surface area contributed by atoms with Crippen LogP contribution in [0.25, 0.3) is 0 Å². The lowest BCUT2D eigenvalue weighted by atomic mass is 10.2. The molecule has 1 aliphatic rings. The molecular formula is C7H14N2. The van der Waals surface area contributed by atoms with Crippen LogP contribution in [0.15, 0.2) is 12.2 Å². The van der Waals surface area contributed by atoms with E-state index in [9.17, 15) is 0 Å². The molecule has 0 aliphatic heterocycles. The summed E-state index contributed by atoms with van der Waals surface area (Å²) in [7, 11) is 0. The molecule has 9 heavy (non-hydrogen) atoms. The molecule has 0 heterocycles. The van der Waals surface area contributed by atoms with Gasteiger partial charge in [0.25, 0.3) is 0 Å². The van der Waals surface area contributed by atoms with Gasteiger partial charge in [-0.05, 0) is 12.8 Å². The normalized spacial score (nSPS) is 19.2. The van der Waals surface area contributed by atoms with Crippen molar-refractivity contribution < 1.29 is 0 Å². The zero-order valence-corrected chi connectivity index (χ0v) is 5.64. The van der Waals surface area contributed by atoms with Crippen LogP contribution in [0.1, 0.15) is 12.8 Å². The van der Waals surface area contributed by atoms with E-state index in [1.54, 1.807) is 0 Å². The minimum atomic E-state index is 0.675. The summed E-state index contributed by atoms with van der Waals surface area (Å²) in [4.78, 5) is 0. The highest BCUT2D eigenvalue weighted by Crippen LogP contribution is 2.07. The first-order valence-corrected chi connectivity index (χ1v) is 3.52. The maximum atomic E-state index is 5.32. The third kappa shape index (κ3) is 2.16. The van der Waals surface area contributed by atoms with Crippen LogP contribution in [0, 0.1) is 0 Å². The van der Waals surface area contributed by atoms with Gasteiger partial charge >= 0.3 is 0 Å². The van der Waals surface area contributed by atoms with Crippen molar-refractivity contribution in [2.75, 3.05) is 13.1 Å². The molecule has 0 saturated heterocycles. The first-order chi connectivity index (χ1) is 4.43. The Hall–Kier alpha value is -0.340. The lowest BCUT2D eigenvalue weighted by Crippen LogP contribution is -2.31. The predicted molar refractivity (Wildman–Crippen MR) is 39.2 cm³/mol. The highest BCUT2D eigenvalue weighted by atomic mass is 14.9. The van der Waals surface area contributed by atoms with Crippen LogP contribution in [0.3, 0.4) is 0 Å². The van der Waals surface area contributed by atoms with E-state index in [1.807, 2.05) is 0 Å². The van der Waals surface area contributed by atoms with Crippen molar-refractivity contribution in [1.82, 2.24) is 5.32 Å². The van der Waals surface area contributed by atoms with Crippen LogP contribution in [0.4, 0.5) is 0 Å². The van der Waals surface area contributed by atoms with Gasteiger partial charge in [-0.3, -0.25) is 0 Å². The van der Waals surface area contributed by atoms with Gasteiger partial charge in [-0.1, -0.05) is 12.2 Å². The molecule has 2 heteroatoms. The lowest BCUT2D eigenvalue weighted by Gasteiger charge is -2.09. The number of nitrogens with one attached hydrogen (secondary N) is 1. The van der Waals surface area contributed by atoms with Crippen LogP contribution < -0.4 is 11.1 Å². The highest BCUT2D eigenvalue weighted by Gasteiger charge is 2.06. The van der Waals surface area contributed by atoms with Crippen molar-refractivity contribution in [2.24, 2.45) is 5.73 Å². The van der Waals surface area contributed by atoms with E-state index >= 15 is 0 Å². The number of hydrogen-bond donors (Lipinski definition) is 2.